The summed E-state index contributed by atoms with van der Waals surface area (Å²) in [6, 6.07) is 1.47. The average Bonchev–Trinajstić information content (AvgIpc) is 3.24. The molecule has 0 spiro atoms. The molecule has 164 valence electrons. The van der Waals surface area contributed by atoms with E-state index in [1.54, 1.807) is 0 Å². The van der Waals surface area contributed by atoms with Crippen molar-refractivity contribution in [1.82, 2.24) is 20.4 Å². The van der Waals surface area contributed by atoms with E-state index in [4.69, 9.17) is 4.99 Å². The first-order valence-corrected chi connectivity index (χ1v) is 11.8. The van der Waals surface area contributed by atoms with Crippen molar-refractivity contribution in [2.75, 3.05) is 45.8 Å². The summed E-state index contributed by atoms with van der Waals surface area (Å²) >= 11 is 0. The van der Waals surface area contributed by atoms with Crippen LogP contribution in [-0.2, 0) is 0 Å². The molecule has 0 unspecified atom stereocenters. The van der Waals surface area contributed by atoms with E-state index in [1.807, 2.05) is 0 Å². The Morgan fingerprint density at radius 3 is 2.21 bits per heavy atom. The Balaban J connectivity index is 0.00000280. The van der Waals surface area contributed by atoms with Gasteiger partial charge in [-0.25, -0.2) is 0 Å². The monoisotopic (exact) mass is 505 g/mol. The number of piperidine rings is 2. The fraction of sp³-hybridized carbons (Fsp3) is 0.955. The second kappa shape index (κ2) is 13.3. The lowest BCUT2D eigenvalue weighted by molar-refractivity contribution is 0.150. The van der Waals surface area contributed by atoms with Gasteiger partial charge in [0, 0.05) is 38.3 Å². The summed E-state index contributed by atoms with van der Waals surface area (Å²) < 4.78 is 0. The van der Waals surface area contributed by atoms with Gasteiger partial charge in [0.2, 0.25) is 0 Å². The van der Waals surface area contributed by atoms with Crippen LogP contribution in [0.3, 0.4) is 0 Å². The molecular weight excluding hydrogens is 461 g/mol. The molecule has 1 saturated carbocycles. The summed E-state index contributed by atoms with van der Waals surface area (Å²) in [5.74, 6) is 1.91. The van der Waals surface area contributed by atoms with E-state index in [2.05, 4.69) is 34.3 Å². The minimum absolute atomic E-state index is 0. The van der Waals surface area contributed by atoms with Gasteiger partial charge in [0.05, 0.1) is 0 Å². The van der Waals surface area contributed by atoms with Crippen LogP contribution in [0.4, 0.5) is 0 Å². The van der Waals surface area contributed by atoms with E-state index >= 15 is 0 Å². The Labute approximate surface area is 190 Å². The number of rotatable bonds is 7. The molecule has 6 heteroatoms. The lowest BCUT2D eigenvalue weighted by Gasteiger charge is -2.36. The average molecular weight is 506 g/mol. The maximum atomic E-state index is 4.90. The molecule has 5 nitrogen and oxygen atoms in total. The van der Waals surface area contributed by atoms with E-state index in [-0.39, 0.29) is 24.0 Å². The summed E-state index contributed by atoms with van der Waals surface area (Å²) in [5.41, 5.74) is 0. The predicted molar refractivity (Wildman–Crippen MR) is 131 cm³/mol. The van der Waals surface area contributed by atoms with Gasteiger partial charge in [-0.1, -0.05) is 19.8 Å². The smallest absolute Gasteiger partial charge is 0.191 e. The molecule has 0 amide bonds. The summed E-state index contributed by atoms with van der Waals surface area (Å²) in [4.78, 5) is 10.2. The highest BCUT2D eigenvalue weighted by Gasteiger charge is 2.27. The molecule has 2 N–H and O–H groups in total. The van der Waals surface area contributed by atoms with Gasteiger partial charge in [-0.05, 0) is 77.4 Å². The van der Waals surface area contributed by atoms with Crippen LogP contribution in [0, 0.1) is 5.92 Å². The number of nitrogens with zero attached hydrogens (tertiary/aromatic N) is 3. The van der Waals surface area contributed by atoms with Crippen LogP contribution in [-0.4, -0.2) is 73.7 Å². The topological polar surface area (TPSA) is 42.9 Å². The highest BCUT2D eigenvalue weighted by atomic mass is 127. The fourth-order valence-electron chi connectivity index (χ4n) is 5.14. The molecule has 3 fully saturated rings. The molecule has 28 heavy (non-hydrogen) atoms. The van der Waals surface area contributed by atoms with E-state index in [0.717, 1.165) is 31.0 Å². The zero-order valence-electron chi connectivity index (χ0n) is 18.3. The van der Waals surface area contributed by atoms with Crippen LogP contribution in [0.15, 0.2) is 4.99 Å². The molecule has 0 aromatic carbocycles. The van der Waals surface area contributed by atoms with Crippen molar-refractivity contribution in [3.63, 3.8) is 0 Å². The largest absolute Gasteiger partial charge is 0.357 e. The third-order valence-corrected chi connectivity index (χ3v) is 7.02. The molecule has 0 bridgehead atoms. The van der Waals surface area contributed by atoms with Crippen molar-refractivity contribution in [2.24, 2.45) is 10.9 Å². The molecule has 0 aromatic heterocycles. The summed E-state index contributed by atoms with van der Waals surface area (Å²) in [5, 5.41) is 7.19. The Morgan fingerprint density at radius 1 is 0.929 bits per heavy atom. The van der Waals surface area contributed by atoms with Crippen molar-refractivity contribution in [2.45, 2.75) is 83.7 Å². The number of halogens is 1. The van der Waals surface area contributed by atoms with Gasteiger partial charge < -0.3 is 20.4 Å². The van der Waals surface area contributed by atoms with Gasteiger partial charge >= 0.3 is 0 Å². The number of hydrogen-bond acceptors (Lipinski definition) is 3. The molecule has 3 aliphatic rings. The van der Waals surface area contributed by atoms with E-state index in [0.29, 0.717) is 6.04 Å². The number of aliphatic imine (C=N–C) groups is 1. The number of likely N-dealkylation sites (tertiary alicyclic amines) is 2. The Bertz CT molecular complexity index is 436. The lowest BCUT2D eigenvalue weighted by atomic mass is 9.94. The van der Waals surface area contributed by atoms with Crippen molar-refractivity contribution >= 4 is 29.9 Å². The zero-order chi connectivity index (χ0) is 18.9. The fourth-order valence-corrected chi connectivity index (χ4v) is 5.14. The van der Waals surface area contributed by atoms with Crippen LogP contribution in [0.1, 0.15) is 71.6 Å². The van der Waals surface area contributed by atoms with Crippen molar-refractivity contribution in [3.8, 4) is 0 Å². The van der Waals surface area contributed by atoms with Crippen LogP contribution in [0.2, 0.25) is 0 Å². The quantitative estimate of drug-likeness (QED) is 0.315. The number of guanidine groups is 1. The second-order valence-electron chi connectivity index (χ2n) is 8.82. The van der Waals surface area contributed by atoms with Gasteiger partial charge in [0.25, 0.3) is 0 Å². The van der Waals surface area contributed by atoms with Gasteiger partial charge in [-0.15, -0.1) is 24.0 Å². The van der Waals surface area contributed by atoms with Crippen molar-refractivity contribution in [1.29, 1.82) is 0 Å². The summed E-state index contributed by atoms with van der Waals surface area (Å²) in [7, 11) is 0. The van der Waals surface area contributed by atoms with Gasteiger partial charge in [0.1, 0.15) is 0 Å². The molecule has 3 rings (SSSR count). The minimum Gasteiger partial charge on any atom is -0.357 e. The molecule has 2 heterocycles. The predicted octanol–water partition coefficient (Wildman–Crippen LogP) is 3.69. The standard InChI is InChI=1S/C22H43N5.HI/c1-3-23-22(24-14-9-19-10-15-26(4-2)16-11-19)25-20-12-17-27(18-13-20)21-7-5-6-8-21;/h19-21H,3-18H2,1-2H3,(H2,23,24,25);1H. The van der Waals surface area contributed by atoms with Gasteiger partial charge in [-0.2, -0.15) is 0 Å². The maximum Gasteiger partial charge on any atom is 0.191 e. The lowest BCUT2D eigenvalue weighted by Crippen LogP contribution is -2.50. The molecular formula is C22H44IN5. The van der Waals surface area contributed by atoms with Crippen molar-refractivity contribution in [3.05, 3.63) is 0 Å². The molecule has 0 radical (unpaired) electrons. The molecule has 1 aliphatic carbocycles. The molecule has 2 aliphatic heterocycles. The van der Waals surface area contributed by atoms with Crippen LogP contribution >= 0.6 is 24.0 Å². The Kier molecular flexibility index (Phi) is 11.5. The Hall–Kier alpha value is -0.0800. The van der Waals surface area contributed by atoms with Crippen LogP contribution in [0.5, 0.6) is 0 Å². The van der Waals surface area contributed by atoms with Gasteiger partial charge in [-0.3, -0.25) is 4.99 Å². The zero-order valence-corrected chi connectivity index (χ0v) is 20.6. The van der Waals surface area contributed by atoms with Gasteiger partial charge in [0.15, 0.2) is 5.96 Å². The van der Waals surface area contributed by atoms with E-state index < -0.39 is 0 Å². The normalized spacial score (nSPS) is 24.3. The van der Waals surface area contributed by atoms with Crippen LogP contribution in [0.25, 0.3) is 0 Å². The summed E-state index contributed by atoms with van der Waals surface area (Å²) in [6.45, 7) is 12.6. The Morgan fingerprint density at radius 2 is 1.61 bits per heavy atom. The minimum atomic E-state index is 0. The van der Waals surface area contributed by atoms with Crippen molar-refractivity contribution < 1.29 is 0 Å². The third-order valence-electron chi connectivity index (χ3n) is 7.02. The number of hydrogen-bond donors (Lipinski definition) is 2. The first kappa shape index (κ1) is 24.2. The van der Waals surface area contributed by atoms with E-state index in [1.165, 1.54) is 90.5 Å². The second-order valence-corrected chi connectivity index (χ2v) is 8.82. The highest BCUT2D eigenvalue weighted by molar-refractivity contribution is 14.0. The third kappa shape index (κ3) is 7.63. The number of nitrogens with one attached hydrogen (secondary N) is 2. The molecule has 2 saturated heterocycles. The SMILES string of the molecule is CCNC(=NCCC1CCN(CC)CC1)NC1CCN(C2CCCC2)CC1.I. The van der Waals surface area contributed by atoms with Crippen LogP contribution < -0.4 is 10.6 Å². The molecule has 0 aromatic rings. The summed E-state index contributed by atoms with van der Waals surface area (Å²) in [6.07, 6.45) is 12.2. The first-order valence-electron chi connectivity index (χ1n) is 11.8. The first-order chi connectivity index (χ1) is 13.3. The molecule has 0 atom stereocenters. The highest BCUT2D eigenvalue weighted by Crippen LogP contribution is 2.26. The van der Waals surface area contributed by atoms with E-state index in [9.17, 15) is 0 Å². The maximum absolute atomic E-state index is 4.90.